The molecular weight excluding hydrogens is 612 g/mol. The van der Waals surface area contributed by atoms with Crippen LogP contribution in [0.3, 0.4) is 0 Å². The van der Waals surface area contributed by atoms with E-state index in [4.69, 9.17) is 13.9 Å². The standard InChI is InChI=1S/C33H40N4O10/c1-19(2)14-24(33(44)45-4)36-27(39)17-34-32(43)30(20(3)38)37-31(42)23(15-21-10-6-5-7-11-21)35-28(40)18-46-26-16-29(41)47-25-13-9-8-12-22(25)26/h5-13,16,19-20,23-24,30,38H,14-15,17-18H2,1-4H3,(H,34,43)(H,35,40)(H,36,39)(H,37,42)/t20-,23+,24+,30+/m1/s1. The number of ether oxygens (including phenoxy) is 2. The zero-order valence-electron chi connectivity index (χ0n) is 26.6. The van der Waals surface area contributed by atoms with Gasteiger partial charge in [0, 0.05) is 6.42 Å². The van der Waals surface area contributed by atoms with Crippen LogP contribution in [0.1, 0.15) is 32.8 Å². The first kappa shape index (κ1) is 36.2. The predicted octanol–water partition coefficient (Wildman–Crippen LogP) is 0.585. The highest BCUT2D eigenvalue weighted by molar-refractivity contribution is 5.94. The second kappa shape index (κ2) is 17.5. The fourth-order valence-electron chi connectivity index (χ4n) is 4.65. The Morgan fingerprint density at radius 3 is 2.17 bits per heavy atom. The van der Waals surface area contributed by atoms with E-state index in [0.717, 1.165) is 6.07 Å². The van der Waals surface area contributed by atoms with Crippen LogP contribution in [-0.2, 0) is 35.1 Å². The second-order valence-corrected chi connectivity index (χ2v) is 11.2. The molecule has 4 atom stereocenters. The van der Waals surface area contributed by atoms with Gasteiger partial charge in [0.2, 0.25) is 17.7 Å². The summed E-state index contributed by atoms with van der Waals surface area (Å²) in [4.78, 5) is 75.9. The minimum absolute atomic E-state index is 0.0254. The van der Waals surface area contributed by atoms with Crippen LogP contribution < -0.4 is 31.6 Å². The molecule has 252 valence electrons. The maximum absolute atomic E-state index is 13.4. The molecule has 4 amide bonds. The summed E-state index contributed by atoms with van der Waals surface area (Å²) in [5.41, 5.74) is 0.298. The molecule has 14 heteroatoms. The lowest BCUT2D eigenvalue weighted by Gasteiger charge is -2.25. The largest absolute Gasteiger partial charge is 0.483 e. The van der Waals surface area contributed by atoms with Crippen molar-refractivity contribution in [3.8, 4) is 5.75 Å². The molecule has 0 radical (unpaired) electrons. The van der Waals surface area contributed by atoms with Crippen molar-refractivity contribution in [1.29, 1.82) is 0 Å². The van der Waals surface area contributed by atoms with Gasteiger partial charge in [0.05, 0.1) is 31.2 Å². The molecule has 0 aliphatic heterocycles. The molecule has 0 spiro atoms. The van der Waals surface area contributed by atoms with Gasteiger partial charge in [-0.3, -0.25) is 19.2 Å². The molecular formula is C33H40N4O10. The summed E-state index contributed by atoms with van der Waals surface area (Å²) >= 11 is 0. The van der Waals surface area contributed by atoms with Crippen molar-refractivity contribution < 1.29 is 43.0 Å². The van der Waals surface area contributed by atoms with Crippen molar-refractivity contribution >= 4 is 40.6 Å². The van der Waals surface area contributed by atoms with E-state index in [2.05, 4.69) is 21.3 Å². The summed E-state index contributed by atoms with van der Waals surface area (Å²) < 4.78 is 15.5. The zero-order chi connectivity index (χ0) is 34.5. The third-order valence-electron chi connectivity index (χ3n) is 6.92. The quantitative estimate of drug-likeness (QED) is 0.108. The molecule has 0 bridgehead atoms. The summed E-state index contributed by atoms with van der Waals surface area (Å²) in [6.07, 6.45) is -1.05. The number of aliphatic hydroxyl groups is 1. The monoisotopic (exact) mass is 652 g/mol. The SMILES string of the molecule is COC(=O)[C@H](CC(C)C)NC(=O)CNC(=O)[C@@H](NC(=O)[C@H](Cc1ccccc1)NC(=O)COc1cc(=O)oc2ccccc12)[C@@H](C)O. The summed E-state index contributed by atoms with van der Waals surface area (Å²) in [6.45, 7) is 3.92. The van der Waals surface area contributed by atoms with E-state index in [1.807, 2.05) is 13.8 Å². The van der Waals surface area contributed by atoms with Gasteiger partial charge >= 0.3 is 11.6 Å². The second-order valence-electron chi connectivity index (χ2n) is 11.2. The first-order valence-electron chi connectivity index (χ1n) is 15.0. The topological polar surface area (TPSA) is 202 Å². The molecule has 3 rings (SSSR count). The van der Waals surface area contributed by atoms with Crippen molar-refractivity contribution in [1.82, 2.24) is 21.3 Å². The van der Waals surface area contributed by atoms with Crippen LogP contribution in [0.4, 0.5) is 0 Å². The number of para-hydroxylation sites is 1. The Hall–Kier alpha value is -5.24. The predicted molar refractivity (Wildman–Crippen MR) is 170 cm³/mol. The van der Waals surface area contributed by atoms with E-state index in [0.29, 0.717) is 17.4 Å². The minimum Gasteiger partial charge on any atom is -0.483 e. The van der Waals surface area contributed by atoms with E-state index >= 15 is 0 Å². The van der Waals surface area contributed by atoms with Gasteiger partial charge in [0.25, 0.3) is 5.91 Å². The van der Waals surface area contributed by atoms with E-state index < -0.39 is 72.6 Å². The lowest BCUT2D eigenvalue weighted by Crippen LogP contribution is -2.58. The average Bonchev–Trinajstić information content (AvgIpc) is 3.03. The molecule has 0 fully saturated rings. The van der Waals surface area contributed by atoms with Gasteiger partial charge in [-0.1, -0.05) is 56.3 Å². The fourth-order valence-corrected chi connectivity index (χ4v) is 4.65. The Kier molecular flexibility index (Phi) is 13.5. The number of fused-ring (bicyclic) bond motifs is 1. The van der Waals surface area contributed by atoms with Gasteiger partial charge in [-0.05, 0) is 37.0 Å². The number of hydrogen-bond donors (Lipinski definition) is 5. The number of aliphatic hydroxyl groups excluding tert-OH is 1. The summed E-state index contributed by atoms with van der Waals surface area (Å²) in [6, 6.07) is 12.9. The van der Waals surface area contributed by atoms with Crippen LogP contribution in [0.15, 0.2) is 69.9 Å². The first-order chi connectivity index (χ1) is 22.4. The Bertz CT molecular complexity index is 1610. The van der Waals surface area contributed by atoms with Crippen molar-refractivity contribution in [2.75, 3.05) is 20.3 Å². The van der Waals surface area contributed by atoms with Crippen LogP contribution in [0.25, 0.3) is 11.0 Å². The van der Waals surface area contributed by atoms with Crippen molar-refractivity contribution in [2.24, 2.45) is 5.92 Å². The molecule has 1 aromatic heterocycles. The van der Waals surface area contributed by atoms with Crippen LogP contribution in [0, 0.1) is 5.92 Å². The van der Waals surface area contributed by atoms with Crippen LogP contribution in [0.2, 0.25) is 0 Å². The Morgan fingerprint density at radius 2 is 1.51 bits per heavy atom. The number of hydrogen-bond acceptors (Lipinski definition) is 10. The molecule has 1 heterocycles. The maximum atomic E-state index is 13.4. The Morgan fingerprint density at radius 1 is 0.851 bits per heavy atom. The smallest absolute Gasteiger partial charge is 0.339 e. The molecule has 2 aromatic carbocycles. The number of benzene rings is 2. The van der Waals surface area contributed by atoms with E-state index in [1.54, 1.807) is 54.6 Å². The van der Waals surface area contributed by atoms with Crippen LogP contribution >= 0.6 is 0 Å². The number of carbonyl (C=O) groups excluding carboxylic acids is 5. The number of esters is 1. The fraction of sp³-hybridized carbons (Fsp3) is 0.394. The van der Waals surface area contributed by atoms with E-state index in [9.17, 15) is 33.9 Å². The number of nitrogens with one attached hydrogen (secondary N) is 4. The van der Waals surface area contributed by atoms with Gasteiger partial charge in [0.15, 0.2) is 6.61 Å². The molecule has 47 heavy (non-hydrogen) atoms. The molecule has 0 unspecified atom stereocenters. The Balaban J connectivity index is 1.68. The maximum Gasteiger partial charge on any atom is 0.339 e. The summed E-state index contributed by atoms with van der Waals surface area (Å²) in [7, 11) is 1.20. The van der Waals surface area contributed by atoms with E-state index in [-0.39, 0.29) is 23.7 Å². The van der Waals surface area contributed by atoms with Crippen LogP contribution in [0.5, 0.6) is 5.75 Å². The van der Waals surface area contributed by atoms with Crippen molar-refractivity contribution in [3.63, 3.8) is 0 Å². The minimum atomic E-state index is -1.50. The zero-order valence-corrected chi connectivity index (χ0v) is 26.6. The highest BCUT2D eigenvalue weighted by atomic mass is 16.5. The lowest BCUT2D eigenvalue weighted by molar-refractivity contribution is -0.145. The highest BCUT2D eigenvalue weighted by Crippen LogP contribution is 2.23. The third kappa shape index (κ3) is 11.3. The highest BCUT2D eigenvalue weighted by Gasteiger charge is 2.31. The van der Waals surface area contributed by atoms with E-state index in [1.165, 1.54) is 14.0 Å². The molecule has 0 saturated carbocycles. The number of rotatable bonds is 16. The van der Waals surface area contributed by atoms with Gasteiger partial charge in [-0.2, -0.15) is 0 Å². The molecule has 3 aromatic rings. The normalized spacial score (nSPS) is 13.5. The van der Waals surface area contributed by atoms with Crippen molar-refractivity contribution in [3.05, 3.63) is 76.6 Å². The third-order valence-corrected chi connectivity index (χ3v) is 6.92. The van der Waals surface area contributed by atoms with Crippen molar-refractivity contribution in [2.45, 2.75) is 57.8 Å². The lowest BCUT2D eigenvalue weighted by atomic mass is 10.0. The molecule has 14 nitrogen and oxygen atoms in total. The average molecular weight is 653 g/mol. The van der Waals surface area contributed by atoms with Gasteiger partial charge < -0.3 is 40.3 Å². The first-order valence-corrected chi connectivity index (χ1v) is 15.0. The number of carbonyl (C=O) groups is 5. The summed E-state index contributed by atoms with van der Waals surface area (Å²) in [5.74, 6) is -3.48. The van der Waals surface area contributed by atoms with Gasteiger partial charge in [-0.25, -0.2) is 9.59 Å². The van der Waals surface area contributed by atoms with Gasteiger partial charge in [-0.15, -0.1) is 0 Å². The van der Waals surface area contributed by atoms with Crippen LogP contribution in [-0.4, -0.2) is 79.2 Å². The molecule has 5 N–H and O–H groups in total. The number of methoxy groups -OCH3 is 1. The number of amides is 4. The molecule has 0 aliphatic rings. The van der Waals surface area contributed by atoms with Gasteiger partial charge in [0.1, 0.15) is 29.5 Å². The molecule has 0 saturated heterocycles. The summed E-state index contributed by atoms with van der Waals surface area (Å²) in [5, 5.41) is 20.7. The Labute approximate surface area is 271 Å². The molecule has 0 aliphatic carbocycles.